The van der Waals surface area contributed by atoms with E-state index in [0.717, 1.165) is 29.5 Å². The Bertz CT molecular complexity index is 1040. The molecule has 4 aromatic carbocycles. The van der Waals surface area contributed by atoms with Gasteiger partial charge in [-0.25, -0.2) is 0 Å². The lowest BCUT2D eigenvalue weighted by atomic mass is 9.85. The Balaban J connectivity index is 1.55. The monoisotopic (exact) mass is 396 g/mol. The van der Waals surface area contributed by atoms with E-state index < -0.39 is 0 Å². The predicted molar refractivity (Wildman–Crippen MR) is 119 cm³/mol. The molecule has 4 rings (SSSR count). The average Bonchev–Trinajstić information content (AvgIpc) is 2.76. The van der Waals surface area contributed by atoms with Crippen LogP contribution in [0, 0.1) is 0 Å². The molecule has 0 aromatic heterocycles. The first-order chi connectivity index (χ1) is 14.6. The number of benzene rings is 4. The summed E-state index contributed by atoms with van der Waals surface area (Å²) in [6.07, 6.45) is 1.63. The Kier molecular flexibility index (Phi) is 5.71. The number of rotatable bonds is 6. The molecular weight excluding hydrogens is 372 g/mol. The average molecular weight is 396 g/mol. The first kappa shape index (κ1) is 19.6. The van der Waals surface area contributed by atoms with Gasteiger partial charge in [0.15, 0.2) is 0 Å². The molecule has 3 nitrogen and oxygen atoms in total. The van der Waals surface area contributed by atoms with Crippen molar-refractivity contribution in [2.24, 2.45) is 0 Å². The van der Waals surface area contributed by atoms with Crippen molar-refractivity contribution >= 4 is 0 Å². The number of aromatic hydroxyl groups is 3. The molecule has 4 aromatic rings. The second-order valence-corrected chi connectivity index (χ2v) is 7.60. The molecule has 0 amide bonds. The van der Waals surface area contributed by atoms with Crippen LogP contribution in [0.3, 0.4) is 0 Å². The van der Waals surface area contributed by atoms with E-state index >= 15 is 0 Å². The van der Waals surface area contributed by atoms with Gasteiger partial charge in [-0.2, -0.15) is 0 Å². The molecule has 0 atom stereocenters. The van der Waals surface area contributed by atoms with E-state index in [1.54, 1.807) is 36.4 Å². The van der Waals surface area contributed by atoms with Gasteiger partial charge >= 0.3 is 0 Å². The van der Waals surface area contributed by atoms with Crippen molar-refractivity contribution in [2.75, 3.05) is 0 Å². The van der Waals surface area contributed by atoms with Gasteiger partial charge in [-0.3, -0.25) is 0 Å². The summed E-state index contributed by atoms with van der Waals surface area (Å²) in [5.41, 5.74) is 5.83. The molecule has 0 fully saturated rings. The molecule has 0 aliphatic carbocycles. The van der Waals surface area contributed by atoms with Crippen LogP contribution in [-0.4, -0.2) is 15.3 Å². The summed E-state index contributed by atoms with van der Waals surface area (Å²) >= 11 is 0. The smallest absolute Gasteiger partial charge is 0.115 e. The highest BCUT2D eigenvalue weighted by atomic mass is 16.3. The molecule has 0 saturated heterocycles. The van der Waals surface area contributed by atoms with E-state index in [1.807, 2.05) is 36.4 Å². The van der Waals surface area contributed by atoms with Crippen LogP contribution in [-0.2, 0) is 12.8 Å². The molecule has 0 spiro atoms. The van der Waals surface area contributed by atoms with Crippen LogP contribution in [0.5, 0.6) is 17.2 Å². The molecular formula is C27H24O3. The lowest BCUT2D eigenvalue weighted by Gasteiger charge is -2.19. The van der Waals surface area contributed by atoms with E-state index in [9.17, 15) is 15.3 Å². The molecule has 0 saturated carbocycles. The summed E-state index contributed by atoms with van der Waals surface area (Å²) in [6.45, 7) is 0. The Morgan fingerprint density at radius 1 is 0.433 bits per heavy atom. The zero-order chi connectivity index (χ0) is 20.9. The highest BCUT2D eigenvalue weighted by Crippen LogP contribution is 2.31. The van der Waals surface area contributed by atoms with Gasteiger partial charge < -0.3 is 15.3 Å². The molecule has 3 N–H and O–H groups in total. The fourth-order valence-corrected chi connectivity index (χ4v) is 3.72. The molecule has 0 unspecified atom stereocenters. The van der Waals surface area contributed by atoms with Crippen LogP contribution in [0.15, 0.2) is 97.1 Å². The van der Waals surface area contributed by atoms with Gasteiger partial charge in [0.2, 0.25) is 0 Å². The van der Waals surface area contributed by atoms with E-state index in [-0.39, 0.29) is 23.2 Å². The molecule has 0 aliphatic heterocycles. The van der Waals surface area contributed by atoms with Crippen molar-refractivity contribution in [1.82, 2.24) is 0 Å². The molecule has 0 bridgehead atoms. The second-order valence-electron chi connectivity index (χ2n) is 7.60. The van der Waals surface area contributed by atoms with Crippen LogP contribution >= 0.6 is 0 Å². The summed E-state index contributed by atoms with van der Waals surface area (Å²) in [6, 6.07) is 30.6. The van der Waals surface area contributed by atoms with Crippen molar-refractivity contribution in [1.29, 1.82) is 0 Å². The molecule has 0 aliphatic rings. The van der Waals surface area contributed by atoms with E-state index in [4.69, 9.17) is 0 Å². The van der Waals surface area contributed by atoms with Gasteiger partial charge in [0.25, 0.3) is 0 Å². The fourth-order valence-electron chi connectivity index (χ4n) is 3.72. The second kappa shape index (κ2) is 8.75. The first-order valence-electron chi connectivity index (χ1n) is 10.0. The number of phenolic OH excluding ortho intramolecular Hbond substituents is 3. The third-order valence-corrected chi connectivity index (χ3v) is 5.40. The van der Waals surface area contributed by atoms with E-state index in [2.05, 4.69) is 24.3 Å². The van der Waals surface area contributed by atoms with Gasteiger partial charge in [0.05, 0.1) is 0 Å². The van der Waals surface area contributed by atoms with Crippen LogP contribution in [0.4, 0.5) is 0 Å². The van der Waals surface area contributed by atoms with Crippen molar-refractivity contribution in [3.05, 3.63) is 125 Å². The fraction of sp³-hybridized carbons (Fsp3) is 0.111. The topological polar surface area (TPSA) is 60.7 Å². The highest BCUT2D eigenvalue weighted by molar-refractivity contribution is 5.40. The van der Waals surface area contributed by atoms with Crippen LogP contribution in [0.2, 0.25) is 0 Å². The van der Waals surface area contributed by atoms with Crippen molar-refractivity contribution < 1.29 is 15.3 Å². The van der Waals surface area contributed by atoms with Gasteiger partial charge in [0, 0.05) is 5.92 Å². The van der Waals surface area contributed by atoms with Gasteiger partial charge in [-0.05, 0) is 77.1 Å². The van der Waals surface area contributed by atoms with Gasteiger partial charge in [0.1, 0.15) is 17.2 Å². The molecule has 30 heavy (non-hydrogen) atoms. The largest absolute Gasteiger partial charge is 0.508 e. The van der Waals surface area contributed by atoms with Crippen molar-refractivity contribution in [2.45, 2.75) is 18.8 Å². The predicted octanol–water partition coefficient (Wildman–Crippen LogP) is 5.77. The standard InChI is InChI=1S/C27H24O3/c28-24-11-5-20(6-12-24)17-19-1-3-21(4-2-19)18-27(22-7-13-25(29)14-8-22)23-9-15-26(30)16-10-23/h1-16,27-30H,17-18H2. The Morgan fingerprint density at radius 3 is 1.20 bits per heavy atom. The van der Waals surface area contributed by atoms with Gasteiger partial charge in [-0.15, -0.1) is 0 Å². The number of hydrogen-bond acceptors (Lipinski definition) is 3. The van der Waals surface area contributed by atoms with Crippen molar-refractivity contribution in [3.8, 4) is 17.2 Å². The third kappa shape index (κ3) is 4.81. The lowest BCUT2D eigenvalue weighted by molar-refractivity contribution is 0.474. The number of hydrogen-bond donors (Lipinski definition) is 3. The van der Waals surface area contributed by atoms with E-state index in [0.29, 0.717) is 0 Å². The lowest BCUT2D eigenvalue weighted by Crippen LogP contribution is -2.05. The first-order valence-corrected chi connectivity index (χ1v) is 10.0. The Labute approximate surface area is 176 Å². The Morgan fingerprint density at radius 2 is 0.767 bits per heavy atom. The third-order valence-electron chi connectivity index (χ3n) is 5.40. The van der Waals surface area contributed by atoms with Gasteiger partial charge in [-0.1, -0.05) is 60.7 Å². The summed E-state index contributed by atoms with van der Waals surface area (Å²) in [7, 11) is 0. The quantitative estimate of drug-likeness (QED) is 0.388. The normalized spacial score (nSPS) is 11.0. The SMILES string of the molecule is Oc1ccc(Cc2ccc(CC(c3ccc(O)cc3)c3ccc(O)cc3)cc2)cc1. The molecule has 150 valence electrons. The molecule has 0 radical (unpaired) electrons. The van der Waals surface area contributed by atoms with Crippen LogP contribution < -0.4 is 0 Å². The molecule has 0 heterocycles. The zero-order valence-corrected chi connectivity index (χ0v) is 16.6. The van der Waals surface area contributed by atoms with E-state index in [1.165, 1.54) is 11.1 Å². The maximum Gasteiger partial charge on any atom is 0.115 e. The zero-order valence-electron chi connectivity index (χ0n) is 16.6. The Hall–Kier alpha value is -3.72. The minimum absolute atomic E-state index is 0.120. The summed E-state index contributed by atoms with van der Waals surface area (Å²) < 4.78 is 0. The summed E-state index contributed by atoms with van der Waals surface area (Å²) in [4.78, 5) is 0. The minimum Gasteiger partial charge on any atom is -0.508 e. The summed E-state index contributed by atoms with van der Waals surface area (Å²) in [5, 5.41) is 28.7. The summed E-state index contributed by atoms with van der Waals surface area (Å²) in [5.74, 6) is 0.904. The van der Waals surface area contributed by atoms with Crippen molar-refractivity contribution in [3.63, 3.8) is 0 Å². The maximum atomic E-state index is 9.66. The van der Waals surface area contributed by atoms with Crippen LogP contribution in [0.1, 0.15) is 33.7 Å². The van der Waals surface area contributed by atoms with Crippen LogP contribution in [0.25, 0.3) is 0 Å². The minimum atomic E-state index is 0.120. The maximum absolute atomic E-state index is 9.66. The highest BCUT2D eigenvalue weighted by Gasteiger charge is 2.15. The number of phenols is 3. The molecule has 3 heteroatoms.